The second-order valence-corrected chi connectivity index (χ2v) is 6.38. The van der Waals surface area contributed by atoms with Crippen LogP contribution in [0.1, 0.15) is 59.1 Å². The Hall–Kier alpha value is -0.870. The third-order valence-electron chi connectivity index (χ3n) is 3.69. The Balaban J connectivity index is 2.00. The van der Waals surface area contributed by atoms with Crippen LogP contribution in [0.2, 0.25) is 0 Å². The normalized spacial score (nSPS) is 17.2. The first-order valence-corrected chi connectivity index (χ1v) is 8.10. The van der Waals surface area contributed by atoms with Crippen molar-refractivity contribution in [3.63, 3.8) is 0 Å². The molecule has 19 heavy (non-hydrogen) atoms. The molecule has 1 aromatic heterocycles. The van der Waals surface area contributed by atoms with Crippen molar-refractivity contribution in [1.82, 2.24) is 5.32 Å². The molecule has 3 nitrogen and oxygen atoms in total. The molecule has 0 spiro atoms. The molecule has 0 radical (unpaired) electrons. The van der Waals surface area contributed by atoms with E-state index in [-0.39, 0.29) is 5.91 Å². The topological polar surface area (TPSA) is 49.3 Å². The third kappa shape index (κ3) is 4.05. The monoisotopic (exact) mass is 281 g/mol. The Morgan fingerprint density at radius 2 is 2.11 bits per heavy atom. The molecule has 0 bridgehead atoms. The first-order valence-electron chi connectivity index (χ1n) is 7.28. The average molecular weight is 281 g/mol. The van der Waals surface area contributed by atoms with Crippen LogP contribution >= 0.6 is 11.3 Å². The molecule has 1 unspecified atom stereocenters. The second kappa shape index (κ2) is 7.06. The van der Waals surface area contributed by atoms with E-state index in [1.54, 1.807) is 11.3 Å². The fourth-order valence-electron chi connectivity index (χ4n) is 2.40. The number of aryl methyl sites for hydroxylation is 2. The molecule has 0 aromatic carbocycles. The summed E-state index contributed by atoms with van der Waals surface area (Å²) >= 11 is 1.63. The van der Waals surface area contributed by atoms with Gasteiger partial charge in [-0.1, -0.05) is 19.8 Å². The average Bonchev–Trinajstić information content (AvgIpc) is 2.78. The van der Waals surface area contributed by atoms with E-state index >= 15 is 0 Å². The summed E-state index contributed by atoms with van der Waals surface area (Å²) in [6.45, 7) is 2.26. The van der Waals surface area contributed by atoms with Gasteiger partial charge >= 0.3 is 0 Å². The molecule has 1 aliphatic carbocycles. The Bertz CT molecular complexity index is 402. The fraction of sp³-hybridized carbons (Fsp3) is 0.667. The SMILES string of the molecule is CCC(O)CNC(=O)c1cc2c(s1)CCCCCC2. The Morgan fingerprint density at radius 3 is 2.84 bits per heavy atom. The van der Waals surface area contributed by atoms with Crippen molar-refractivity contribution in [1.29, 1.82) is 0 Å². The molecule has 0 saturated carbocycles. The van der Waals surface area contributed by atoms with Crippen LogP contribution in [0.15, 0.2) is 6.07 Å². The maximum absolute atomic E-state index is 12.0. The van der Waals surface area contributed by atoms with Crippen LogP contribution in [0.3, 0.4) is 0 Å². The molecule has 0 saturated heterocycles. The highest BCUT2D eigenvalue weighted by Crippen LogP contribution is 2.28. The van der Waals surface area contributed by atoms with E-state index in [4.69, 9.17) is 0 Å². The number of amides is 1. The standard InChI is InChI=1S/C15H23NO2S/c1-2-12(17)10-16-15(18)14-9-11-7-5-3-4-6-8-13(11)19-14/h9,12,17H,2-8,10H2,1H3,(H,16,18). The van der Waals surface area contributed by atoms with Crippen LogP contribution in [-0.2, 0) is 12.8 Å². The van der Waals surface area contributed by atoms with Crippen LogP contribution in [-0.4, -0.2) is 23.7 Å². The number of aliphatic hydroxyl groups is 1. The lowest BCUT2D eigenvalue weighted by atomic mass is 10.00. The Labute approximate surface area is 119 Å². The van der Waals surface area contributed by atoms with Crippen LogP contribution in [0, 0.1) is 0 Å². The molecule has 1 heterocycles. The second-order valence-electron chi connectivity index (χ2n) is 5.25. The molecule has 1 amide bonds. The number of carbonyl (C=O) groups excluding carboxylic acids is 1. The predicted molar refractivity (Wildman–Crippen MR) is 78.8 cm³/mol. The number of hydrogen-bond donors (Lipinski definition) is 2. The van der Waals surface area contributed by atoms with Crippen LogP contribution in [0.5, 0.6) is 0 Å². The number of fused-ring (bicyclic) bond motifs is 1. The smallest absolute Gasteiger partial charge is 0.261 e. The lowest BCUT2D eigenvalue weighted by Gasteiger charge is -2.08. The maximum Gasteiger partial charge on any atom is 0.261 e. The summed E-state index contributed by atoms with van der Waals surface area (Å²) in [6.07, 6.45) is 7.54. The summed E-state index contributed by atoms with van der Waals surface area (Å²) < 4.78 is 0. The lowest BCUT2D eigenvalue weighted by Crippen LogP contribution is -2.31. The molecule has 4 heteroatoms. The molecule has 2 rings (SSSR count). The van der Waals surface area contributed by atoms with Crippen LogP contribution in [0.25, 0.3) is 0 Å². The van der Waals surface area contributed by atoms with Gasteiger partial charge in [0.1, 0.15) is 0 Å². The van der Waals surface area contributed by atoms with Crippen LogP contribution in [0.4, 0.5) is 0 Å². The van der Waals surface area contributed by atoms with Gasteiger partial charge in [0, 0.05) is 11.4 Å². The van der Waals surface area contributed by atoms with E-state index in [1.807, 2.05) is 6.92 Å². The zero-order valence-electron chi connectivity index (χ0n) is 11.6. The van der Waals surface area contributed by atoms with Crippen molar-refractivity contribution in [2.24, 2.45) is 0 Å². The van der Waals surface area contributed by atoms with Crippen molar-refractivity contribution in [3.05, 3.63) is 21.4 Å². The first-order chi connectivity index (χ1) is 9.20. The Morgan fingerprint density at radius 1 is 1.37 bits per heavy atom. The van der Waals surface area contributed by atoms with Gasteiger partial charge < -0.3 is 10.4 Å². The van der Waals surface area contributed by atoms with Gasteiger partial charge in [-0.15, -0.1) is 11.3 Å². The lowest BCUT2D eigenvalue weighted by molar-refractivity contribution is 0.0918. The van der Waals surface area contributed by atoms with E-state index in [2.05, 4.69) is 11.4 Å². The summed E-state index contributed by atoms with van der Waals surface area (Å²) in [7, 11) is 0. The molecule has 106 valence electrons. The highest BCUT2D eigenvalue weighted by atomic mass is 32.1. The van der Waals surface area contributed by atoms with Crippen molar-refractivity contribution < 1.29 is 9.90 Å². The number of carbonyl (C=O) groups is 1. The van der Waals surface area contributed by atoms with Gasteiger partial charge in [-0.3, -0.25) is 4.79 Å². The van der Waals surface area contributed by atoms with Gasteiger partial charge in [0.25, 0.3) is 5.91 Å². The van der Waals surface area contributed by atoms with Gasteiger partial charge in [0.2, 0.25) is 0 Å². The van der Waals surface area contributed by atoms with E-state index < -0.39 is 6.10 Å². The fourth-order valence-corrected chi connectivity index (χ4v) is 3.57. The molecule has 1 aromatic rings. The zero-order valence-corrected chi connectivity index (χ0v) is 12.4. The summed E-state index contributed by atoms with van der Waals surface area (Å²) in [5.74, 6) is -0.0377. The number of nitrogens with one attached hydrogen (secondary N) is 1. The molecule has 1 atom stereocenters. The summed E-state index contributed by atoms with van der Waals surface area (Å²) in [5, 5.41) is 12.3. The molecule has 0 fully saturated rings. The zero-order chi connectivity index (χ0) is 13.7. The van der Waals surface area contributed by atoms with Crippen molar-refractivity contribution in [2.75, 3.05) is 6.54 Å². The highest BCUT2D eigenvalue weighted by molar-refractivity contribution is 7.14. The number of thiophene rings is 1. The number of rotatable bonds is 4. The summed E-state index contributed by atoms with van der Waals surface area (Å²) in [6, 6.07) is 2.05. The van der Waals surface area contributed by atoms with Crippen molar-refractivity contribution in [2.45, 2.75) is 58.0 Å². The molecule has 1 aliphatic rings. The van der Waals surface area contributed by atoms with Crippen molar-refractivity contribution >= 4 is 17.2 Å². The minimum Gasteiger partial charge on any atom is -0.391 e. The predicted octanol–water partition coefficient (Wildman–Crippen LogP) is 2.91. The van der Waals surface area contributed by atoms with E-state index in [1.165, 1.54) is 36.1 Å². The molecule has 2 N–H and O–H groups in total. The van der Waals surface area contributed by atoms with E-state index in [9.17, 15) is 9.90 Å². The Kier molecular flexibility index (Phi) is 5.40. The first kappa shape index (κ1) is 14.5. The van der Waals surface area contributed by atoms with Gasteiger partial charge in [-0.2, -0.15) is 0 Å². The maximum atomic E-state index is 12.0. The minimum atomic E-state index is -0.440. The van der Waals surface area contributed by atoms with Gasteiger partial charge in [-0.25, -0.2) is 0 Å². The van der Waals surface area contributed by atoms with Gasteiger partial charge in [0.05, 0.1) is 11.0 Å². The highest BCUT2D eigenvalue weighted by Gasteiger charge is 2.16. The quantitative estimate of drug-likeness (QED) is 0.891. The summed E-state index contributed by atoms with van der Waals surface area (Å²) in [4.78, 5) is 14.2. The van der Waals surface area contributed by atoms with E-state index in [0.717, 1.165) is 17.7 Å². The molecule has 0 aliphatic heterocycles. The number of hydrogen-bond acceptors (Lipinski definition) is 3. The largest absolute Gasteiger partial charge is 0.391 e. The molecular weight excluding hydrogens is 258 g/mol. The minimum absolute atomic E-state index is 0.0377. The number of aliphatic hydroxyl groups excluding tert-OH is 1. The summed E-state index contributed by atoms with van der Waals surface area (Å²) in [5.41, 5.74) is 1.37. The molecular formula is C15H23NO2S. The van der Waals surface area contributed by atoms with Gasteiger partial charge in [0.15, 0.2) is 0 Å². The van der Waals surface area contributed by atoms with Crippen molar-refractivity contribution in [3.8, 4) is 0 Å². The van der Waals surface area contributed by atoms with E-state index in [0.29, 0.717) is 13.0 Å². The third-order valence-corrected chi connectivity index (χ3v) is 4.93. The van der Waals surface area contributed by atoms with Crippen LogP contribution < -0.4 is 5.32 Å². The van der Waals surface area contributed by atoms with Gasteiger partial charge in [-0.05, 0) is 43.7 Å².